The van der Waals surface area contributed by atoms with Gasteiger partial charge >= 0.3 is 0 Å². The summed E-state index contributed by atoms with van der Waals surface area (Å²) in [6.07, 6.45) is 0.886. The lowest BCUT2D eigenvalue weighted by atomic mass is 9.96. The molecular weight excluding hydrogens is 272 g/mol. The summed E-state index contributed by atoms with van der Waals surface area (Å²) in [6.45, 7) is 8.07. The first-order chi connectivity index (χ1) is 9.06. The predicted molar refractivity (Wildman–Crippen MR) is 87.0 cm³/mol. The molecule has 1 rings (SSSR count). The van der Waals surface area contributed by atoms with Crippen molar-refractivity contribution in [2.75, 3.05) is 19.6 Å². The topological polar surface area (TPSA) is 46.3 Å². The number of carbonyl (C=O) groups excluding carboxylic acids is 1. The number of amides is 1. The van der Waals surface area contributed by atoms with E-state index in [-0.39, 0.29) is 24.2 Å². The maximum absolute atomic E-state index is 12.4. The molecule has 0 spiro atoms. The number of nitrogens with zero attached hydrogens (tertiary/aromatic N) is 1. The lowest BCUT2D eigenvalue weighted by molar-refractivity contribution is -0.136. The van der Waals surface area contributed by atoms with E-state index in [1.807, 2.05) is 30.0 Å². The summed E-state index contributed by atoms with van der Waals surface area (Å²) in [5, 5.41) is 0. The quantitative estimate of drug-likeness (QED) is 0.841. The number of hydrogen-bond donors (Lipinski definition) is 1. The third-order valence-electron chi connectivity index (χ3n) is 3.61. The number of halogens is 1. The number of benzene rings is 1. The molecule has 1 aromatic carbocycles. The maximum atomic E-state index is 12.4. The molecule has 0 aliphatic carbocycles. The molecule has 1 amide bonds. The van der Waals surface area contributed by atoms with Gasteiger partial charge in [0.25, 0.3) is 0 Å². The summed E-state index contributed by atoms with van der Waals surface area (Å²) < 4.78 is 0. The fourth-order valence-electron chi connectivity index (χ4n) is 1.97. The van der Waals surface area contributed by atoms with E-state index >= 15 is 0 Å². The molecule has 1 unspecified atom stereocenters. The van der Waals surface area contributed by atoms with Crippen LogP contribution in [0.3, 0.4) is 0 Å². The number of hydrogen-bond acceptors (Lipinski definition) is 2. The van der Waals surface area contributed by atoms with Gasteiger partial charge in [-0.25, -0.2) is 0 Å². The molecule has 2 N–H and O–H groups in total. The summed E-state index contributed by atoms with van der Waals surface area (Å²) in [6, 6.07) is 10.3. The van der Waals surface area contributed by atoms with Crippen molar-refractivity contribution in [3.8, 4) is 0 Å². The summed E-state index contributed by atoms with van der Waals surface area (Å²) >= 11 is 0. The van der Waals surface area contributed by atoms with Crippen LogP contribution in [-0.4, -0.2) is 30.4 Å². The van der Waals surface area contributed by atoms with E-state index in [2.05, 4.69) is 26.0 Å². The van der Waals surface area contributed by atoms with E-state index in [0.717, 1.165) is 13.0 Å². The highest BCUT2D eigenvalue weighted by Gasteiger charge is 2.22. The Labute approximate surface area is 128 Å². The summed E-state index contributed by atoms with van der Waals surface area (Å²) in [5.41, 5.74) is 6.88. The Kier molecular flexibility index (Phi) is 9.26. The van der Waals surface area contributed by atoms with Gasteiger partial charge in [-0.05, 0) is 17.9 Å². The van der Waals surface area contributed by atoms with Crippen molar-refractivity contribution < 1.29 is 4.79 Å². The van der Waals surface area contributed by atoms with Gasteiger partial charge in [0.15, 0.2) is 0 Å². The van der Waals surface area contributed by atoms with Crippen LogP contribution < -0.4 is 5.73 Å². The van der Waals surface area contributed by atoms with Gasteiger partial charge in [0.1, 0.15) is 0 Å². The number of nitrogens with two attached hydrogens (primary N) is 1. The Morgan fingerprint density at radius 3 is 2.25 bits per heavy atom. The van der Waals surface area contributed by atoms with Crippen molar-refractivity contribution in [2.24, 2.45) is 17.6 Å². The minimum atomic E-state index is 0. The second kappa shape index (κ2) is 9.78. The highest BCUT2D eigenvalue weighted by Crippen LogP contribution is 2.13. The van der Waals surface area contributed by atoms with Crippen molar-refractivity contribution in [1.29, 1.82) is 0 Å². The molecule has 0 bridgehead atoms. The van der Waals surface area contributed by atoms with Crippen LogP contribution in [-0.2, 0) is 11.2 Å². The predicted octanol–water partition coefficient (Wildman–Crippen LogP) is 2.73. The van der Waals surface area contributed by atoms with Crippen molar-refractivity contribution in [3.05, 3.63) is 35.9 Å². The highest BCUT2D eigenvalue weighted by molar-refractivity contribution is 5.85. The standard InChI is InChI=1S/C16H26N2O.ClH/c1-13(2)14(3)16(19)18(12-10-17)11-9-15-7-5-4-6-8-15;/h4-8,13-14H,9-12,17H2,1-3H3;1H. The lowest BCUT2D eigenvalue weighted by Crippen LogP contribution is -2.41. The molecule has 0 saturated carbocycles. The van der Waals surface area contributed by atoms with Crippen LogP contribution in [0.5, 0.6) is 0 Å². The Morgan fingerprint density at radius 1 is 1.15 bits per heavy atom. The van der Waals surface area contributed by atoms with Gasteiger partial charge in [0.05, 0.1) is 0 Å². The lowest BCUT2D eigenvalue weighted by Gasteiger charge is -2.27. The van der Waals surface area contributed by atoms with E-state index in [1.54, 1.807) is 0 Å². The third-order valence-corrected chi connectivity index (χ3v) is 3.61. The molecule has 4 heteroatoms. The van der Waals surface area contributed by atoms with Crippen LogP contribution in [0, 0.1) is 11.8 Å². The molecule has 1 aromatic rings. The molecule has 114 valence electrons. The molecule has 0 aliphatic rings. The summed E-state index contributed by atoms with van der Waals surface area (Å²) in [5.74, 6) is 0.642. The van der Waals surface area contributed by atoms with Crippen LogP contribution in [0.15, 0.2) is 30.3 Å². The molecule has 20 heavy (non-hydrogen) atoms. The van der Waals surface area contributed by atoms with Crippen LogP contribution in [0.4, 0.5) is 0 Å². The molecule has 0 heterocycles. The van der Waals surface area contributed by atoms with Gasteiger partial charge in [-0.2, -0.15) is 0 Å². The zero-order valence-electron chi connectivity index (χ0n) is 12.7. The van der Waals surface area contributed by atoms with Crippen LogP contribution in [0.25, 0.3) is 0 Å². The second-order valence-corrected chi connectivity index (χ2v) is 5.38. The van der Waals surface area contributed by atoms with E-state index in [9.17, 15) is 4.79 Å². The molecule has 1 atom stereocenters. The average Bonchev–Trinajstić information content (AvgIpc) is 2.42. The molecule has 0 fully saturated rings. The maximum Gasteiger partial charge on any atom is 0.225 e. The summed E-state index contributed by atoms with van der Waals surface area (Å²) in [4.78, 5) is 14.3. The first-order valence-corrected chi connectivity index (χ1v) is 7.09. The van der Waals surface area contributed by atoms with Gasteiger partial charge in [-0.15, -0.1) is 12.4 Å². The number of carbonyl (C=O) groups is 1. The fraction of sp³-hybridized carbons (Fsp3) is 0.562. The Balaban J connectivity index is 0.00000361. The van der Waals surface area contributed by atoms with Crippen molar-refractivity contribution >= 4 is 18.3 Å². The number of rotatable bonds is 7. The largest absolute Gasteiger partial charge is 0.341 e. The molecule has 0 saturated heterocycles. The van der Waals surface area contributed by atoms with Gasteiger partial charge < -0.3 is 10.6 Å². The minimum Gasteiger partial charge on any atom is -0.341 e. The smallest absolute Gasteiger partial charge is 0.225 e. The second-order valence-electron chi connectivity index (χ2n) is 5.38. The Morgan fingerprint density at radius 2 is 1.75 bits per heavy atom. The third kappa shape index (κ3) is 5.93. The zero-order valence-corrected chi connectivity index (χ0v) is 13.5. The van der Waals surface area contributed by atoms with Crippen LogP contribution in [0.2, 0.25) is 0 Å². The van der Waals surface area contributed by atoms with E-state index in [1.165, 1.54) is 5.56 Å². The van der Waals surface area contributed by atoms with Crippen LogP contribution in [0.1, 0.15) is 26.3 Å². The first kappa shape index (κ1) is 18.9. The van der Waals surface area contributed by atoms with Gasteiger partial charge in [0.2, 0.25) is 5.91 Å². The molecule has 0 aliphatic heterocycles. The van der Waals surface area contributed by atoms with E-state index in [4.69, 9.17) is 5.73 Å². The average molecular weight is 299 g/mol. The fourth-order valence-corrected chi connectivity index (χ4v) is 1.97. The SMILES string of the molecule is CC(C)C(C)C(=O)N(CCN)CCc1ccccc1.Cl. The zero-order chi connectivity index (χ0) is 14.3. The van der Waals surface area contributed by atoms with Crippen molar-refractivity contribution in [3.63, 3.8) is 0 Å². The Bertz CT molecular complexity index is 381. The molecule has 3 nitrogen and oxygen atoms in total. The Hall–Kier alpha value is -1.06. The van der Waals surface area contributed by atoms with Gasteiger partial charge in [-0.1, -0.05) is 51.1 Å². The van der Waals surface area contributed by atoms with Gasteiger partial charge in [0, 0.05) is 25.6 Å². The molecular formula is C16H27ClN2O. The van der Waals surface area contributed by atoms with Crippen molar-refractivity contribution in [1.82, 2.24) is 4.90 Å². The van der Waals surface area contributed by atoms with Crippen molar-refractivity contribution in [2.45, 2.75) is 27.2 Å². The monoisotopic (exact) mass is 298 g/mol. The first-order valence-electron chi connectivity index (χ1n) is 7.09. The van der Waals surface area contributed by atoms with Crippen LogP contribution >= 0.6 is 12.4 Å². The van der Waals surface area contributed by atoms with E-state index in [0.29, 0.717) is 19.0 Å². The van der Waals surface area contributed by atoms with E-state index < -0.39 is 0 Å². The minimum absolute atomic E-state index is 0. The highest BCUT2D eigenvalue weighted by atomic mass is 35.5. The molecule has 0 aromatic heterocycles. The normalized spacial score (nSPS) is 11.8. The summed E-state index contributed by atoms with van der Waals surface area (Å²) in [7, 11) is 0. The molecule has 0 radical (unpaired) electrons. The van der Waals surface area contributed by atoms with Gasteiger partial charge in [-0.3, -0.25) is 4.79 Å².